The van der Waals surface area contributed by atoms with E-state index in [2.05, 4.69) is 40.1 Å². The summed E-state index contributed by atoms with van der Waals surface area (Å²) in [6, 6.07) is 17.7. The van der Waals surface area contributed by atoms with Crippen LogP contribution >= 0.6 is 11.3 Å². The van der Waals surface area contributed by atoms with Gasteiger partial charge < -0.3 is 35.3 Å². The van der Waals surface area contributed by atoms with Crippen LogP contribution in [0.4, 0.5) is 24.5 Å². The quantitative estimate of drug-likeness (QED) is 0.0577. The molecule has 3 fully saturated rings. The van der Waals surface area contributed by atoms with E-state index in [9.17, 15) is 32.3 Å². The number of rotatable bonds is 18. The molecular weight excluding hydrogens is 1020 g/mol. The number of anilines is 2. The topological polar surface area (TPSA) is 205 Å². The number of pyridine rings is 1. The number of nitrogens with zero attached hydrogens (tertiary/aromatic N) is 6. The predicted molar refractivity (Wildman–Crippen MR) is 286 cm³/mol. The number of aliphatic hydroxyl groups excluding tert-OH is 1. The second-order valence-electron chi connectivity index (χ2n) is 20.7. The fourth-order valence-electron chi connectivity index (χ4n) is 9.99. The van der Waals surface area contributed by atoms with E-state index in [0.29, 0.717) is 29.6 Å². The minimum Gasteiger partial charge on any atom is -0.391 e. The molecule has 17 nitrogen and oxygen atoms in total. The lowest BCUT2D eigenvalue weighted by atomic mass is 9.85. The van der Waals surface area contributed by atoms with Crippen LogP contribution in [0.2, 0.25) is 0 Å². The third-order valence-corrected chi connectivity index (χ3v) is 16.7. The molecule has 3 aliphatic rings. The normalized spacial score (nSPS) is 19.1. The lowest BCUT2D eigenvalue weighted by Crippen LogP contribution is -2.58. The molecule has 0 saturated carbocycles. The number of hydrogen-bond donors (Lipinski definition) is 5. The van der Waals surface area contributed by atoms with Gasteiger partial charge in [-0.15, -0.1) is 11.3 Å². The number of fused-ring (bicyclic) bond motifs is 1. The van der Waals surface area contributed by atoms with Crippen molar-refractivity contribution in [3.8, 4) is 32.7 Å². The van der Waals surface area contributed by atoms with Crippen LogP contribution in [0.5, 0.6) is 0 Å². The Kier molecular flexibility index (Phi) is 16.5. The fourth-order valence-corrected chi connectivity index (χ4v) is 12.1. The van der Waals surface area contributed by atoms with Gasteiger partial charge in [0, 0.05) is 107 Å². The Morgan fingerprint density at radius 1 is 0.947 bits per heavy atom. The van der Waals surface area contributed by atoms with Crippen molar-refractivity contribution in [2.75, 3.05) is 75.2 Å². The van der Waals surface area contributed by atoms with Crippen LogP contribution in [0.15, 0.2) is 84.6 Å². The molecule has 3 amide bonds. The molecule has 76 heavy (non-hydrogen) atoms. The minimum absolute atomic E-state index is 0.0245. The zero-order valence-electron chi connectivity index (χ0n) is 42.8. The van der Waals surface area contributed by atoms with Gasteiger partial charge in [0.05, 0.1) is 33.4 Å². The third kappa shape index (κ3) is 12.4. The lowest BCUT2D eigenvalue weighted by Gasteiger charge is -2.36. The lowest BCUT2D eigenvalue weighted by molar-refractivity contribution is -0.144. The molecule has 3 aromatic carbocycles. The first-order valence-corrected chi connectivity index (χ1v) is 27.7. The molecule has 404 valence electrons. The second kappa shape index (κ2) is 23.0. The molecule has 6 heterocycles. The van der Waals surface area contributed by atoms with Gasteiger partial charge in [0.25, 0.3) is 0 Å². The SMILES string of the molecule is Cc1ncsc1-c1ccc(CNC(=O)[C@@H]2C[C@@H](O)CN2C(=O)[C@@H](NC(=O)COCCCN2CCN(c3ccc(-c4cnc5[nH]cc(-c6c(F)ccc(NS(=O)(=O)N7CC[C@@H](F)C7)c6F)c5c4)cc3)CC2)C(C)(C)C)cc1. The molecule has 6 aromatic rings. The van der Waals surface area contributed by atoms with Gasteiger partial charge in [-0.2, -0.15) is 12.7 Å². The smallest absolute Gasteiger partial charge is 0.301 e. The van der Waals surface area contributed by atoms with Crippen LogP contribution in [-0.4, -0.2) is 150 Å². The van der Waals surface area contributed by atoms with E-state index in [1.165, 1.54) is 11.1 Å². The molecule has 0 unspecified atom stereocenters. The number of aliphatic hydroxyl groups is 1. The summed E-state index contributed by atoms with van der Waals surface area (Å²) in [5.41, 5.74) is 6.19. The highest BCUT2D eigenvalue weighted by molar-refractivity contribution is 7.90. The highest BCUT2D eigenvalue weighted by Gasteiger charge is 2.44. The number of nitrogens with one attached hydrogen (secondary N) is 4. The van der Waals surface area contributed by atoms with E-state index in [1.54, 1.807) is 29.1 Å². The molecule has 0 spiro atoms. The average Bonchev–Trinajstić information content (AvgIpc) is 4.23. The average molecular weight is 1090 g/mol. The maximum absolute atomic E-state index is 16.0. The maximum Gasteiger partial charge on any atom is 0.301 e. The van der Waals surface area contributed by atoms with Crippen LogP contribution in [0.25, 0.3) is 43.7 Å². The first-order chi connectivity index (χ1) is 36.3. The number of carbonyl (C=O) groups is 3. The summed E-state index contributed by atoms with van der Waals surface area (Å²) in [6.07, 6.45) is 1.70. The largest absolute Gasteiger partial charge is 0.391 e. The van der Waals surface area contributed by atoms with Crippen molar-refractivity contribution in [1.29, 1.82) is 0 Å². The number of piperazine rings is 1. The Morgan fingerprint density at radius 3 is 2.37 bits per heavy atom. The van der Waals surface area contributed by atoms with Gasteiger partial charge in [-0.25, -0.2) is 23.1 Å². The van der Waals surface area contributed by atoms with Crippen molar-refractivity contribution in [2.24, 2.45) is 5.41 Å². The van der Waals surface area contributed by atoms with Crippen LogP contribution in [-0.2, 0) is 35.9 Å². The van der Waals surface area contributed by atoms with E-state index < -0.39 is 74.7 Å². The van der Waals surface area contributed by atoms with Gasteiger partial charge in [-0.3, -0.25) is 24.0 Å². The summed E-state index contributed by atoms with van der Waals surface area (Å²) in [4.78, 5) is 59.6. The number of H-pyrrole nitrogens is 1. The molecule has 3 aromatic heterocycles. The Hall–Kier alpha value is -6.43. The highest BCUT2D eigenvalue weighted by atomic mass is 32.2. The number of likely N-dealkylation sites (tertiary alicyclic amines) is 1. The first-order valence-electron chi connectivity index (χ1n) is 25.4. The van der Waals surface area contributed by atoms with Crippen molar-refractivity contribution in [2.45, 2.75) is 77.9 Å². The number of aromatic amines is 1. The van der Waals surface area contributed by atoms with Gasteiger partial charge in [-0.1, -0.05) is 57.2 Å². The third-order valence-electron chi connectivity index (χ3n) is 14.2. The van der Waals surface area contributed by atoms with E-state index in [0.717, 1.165) is 82.1 Å². The zero-order valence-corrected chi connectivity index (χ0v) is 44.5. The van der Waals surface area contributed by atoms with Crippen LogP contribution in [0, 0.1) is 24.0 Å². The summed E-state index contributed by atoms with van der Waals surface area (Å²) < 4.78 is 79.8. The van der Waals surface area contributed by atoms with Crippen molar-refractivity contribution in [3.63, 3.8) is 0 Å². The summed E-state index contributed by atoms with van der Waals surface area (Å²) in [5, 5.41) is 16.8. The van der Waals surface area contributed by atoms with E-state index in [1.807, 2.05) is 76.2 Å². The molecule has 3 aliphatic heterocycles. The summed E-state index contributed by atoms with van der Waals surface area (Å²) in [7, 11) is -4.28. The van der Waals surface area contributed by atoms with Gasteiger partial charge in [0.1, 0.15) is 36.3 Å². The van der Waals surface area contributed by atoms with Crippen LogP contribution in [0.3, 0.4) is 0 Å². The van der Waals surface area contributed by atoms with Crippen molar-refractivity contribution in [3.05, 3.63) is 108 Å². The number of thiazole rings is 1. The minimum atomic E-state index is -4.28. The molecule has 4 atom stereocenters. The monoisotopic (exact) mass is 1080 g/mol. The standard InChI is InChI=1S/C54H63F3N10O7S2/c1-33-49(75-32-61-33)36-8-6-34(7-9-36)26-60-52(70)45-25-40(68)30-67(45)53(71)50(54(2,3)4)62-46(69)31-74-23-5-17-64-19-21-65(22-20-64)39-12-10-35(11-13-39)37-24-41-42(28-59-51(41)58-27-37)47-43(56)14-15-44(48(47)57)63-76(72,73)66-18-16-38(55)29-66/h6-15,24,27-28,32,38,40,45,50,63,68H,5,16-23,25-26,29-31H2,1-4H3,(H,58,59)(H,60,70)(H,62,69)/t38-,40-,45+,50-/m1/s1. The molecule has 0 aliphatic carbocycles. The van der Waals surface area contributed by atoms with Gasteiger partial charge in [0.15, 0.2) is 5.82 Å². The van der Waals surface area contributed by atoms with Crippen LogP contribution < -0.4 is 20.3 Å². The number of aromatic nitrogens is 3. The highest BCUT2D eigenvalue weighted by Crippen LogP contribution is 2.38. The van der Waals surface area contributed by atoms with Gasteiger partial charge >= 0.3 is 10.2 Å². The maximum atomic E-state index is 16.0. The van der Waals surface area contributed by atoms with Crippen molar-refractivity contribution < 1.29 is 45.8 Å². The second-order valence-corrected chi connectivity index (χ2v) is 23.2. The Labute approximate surface area is 444 Å². The number of benzene rings is 3. The first kappa shape index (κ1) is 54.4. The predicted octanol–water partition coefficient (Wildman–Crippen LogP) is 6.65. The Morgan fingerprint density at radius 2 is 1.68 bits per heavy atom. The Balaban J connectivity index is 0.720. The number of halogens is 3. The van der Waals surface area contributed by atoms with Gasteiger partial charge in [-0.05, 0) is 72.2 Å². The summed E-state index contributed by atoms with van der Waals surface area (Å²) >= 11 is 1.57. The number of amides is 3. The molecule has 5 N–H and O–H groups in total. The number of aryl methyl sites for hydroxylation is 1. The molecular formula is C54H63F3N10O7S2. The van der Waals surface area contributed by atoms with E-state index in [4.69, 9.17) is 4.74 Å². The molecule has 0 bridgehead atoms. The van der Waals surface area contributed by atoms with Crippen molar-refractivity contribution >= 4 is 61.7 Å². The van der Waals surface area contributed by atoms with E-state index in [-0.39, 0.29) is 57.1 Å². The summed E-state index contributed by atoms with van der Waals surface area (Å²) in [5.74, 6) is -3.28. The molecule has 9 rings (SSSR count). The van der Waals surface area contributed by atoms with Gasteiger partial charge in [0.2, 0.25) is 17.7 Å². The molecule has 0 radical (unpaired) electrons. The fraction of sp³-hybridized carbons (Fsp3) is 0.426. The Bertz CT molecular complexity index is 3160. The number of carbonyl (C=O) groups excluding carboxylic acids is 3. The zero-order chi connectivity index (χ0) is 53.9. The molecule has 3 saturated heterocycles. The van der Waals surface area contributed by atoms with Crippen LogP contribution in [0.1, 0.15) is 51.3 Å². The number of ether oxygens (including phenoxy) is 1. The number of β-amino-alcohol motifs (C(OH)–C–C–N with tert-alkyl or cyclic N) is 1. The van der Waals surface area contributed by atoms with E-state index >= 15 is 8.78 Å². The number of alkyl halides is 1. The number of hydrogen-bond acceptors (Lipinski definition) is 12. The molecule has 22 heteroatoms. The summed E-state index contributed by atoms with van der Waals surface area (Å²) in [6.45, 7) is 11.3. The van der Waals surface area contributed by atoms with Crippen molar-refractivity contribution in [1.82, 2.24) is 39.7 Å².